The largest absolute Gasteiger partial charge is 0.446 e. The maximum absolute atomic E-state index is 12.3. The number of nitrogens with zero attached hydrogens (tertiary/aromatic N) is 2. The summed E-state index contributed by atoms with van der Waals surface area (Å²) in [6.45, 7) is 1.63. The number of hydrogen-bond donors (Lipinski definition) is 2. The highest BCUT2D eigenvalue weighted by Crippen LogP contribution is 2.53. The Kier molecular flexibility index (Phi) is 5.39. The number of thiophene rings is 1. The first-order chi connectivity index (χ1) is 15.4. The van der Waals surface area contributed by atoms with Crippen molar-refractivity contribution in [3.63, 3.8) is 0 Å². The summed E-state index contributed by atoms with van der Waals surface area (Å²) in [5, 5.41) is 11.9. The molecule has 1 unspecified atom stereocenters. The maximum atomic E-state index is 12.3. The average molecular weight is 474 g/mol. The van der Waals surface area contributed by atoms with Gasteiger partial charge in [-0.2, -0.15) is 0 Å². The van der Waals surface area contributed by atoms with Crippen LogP contribution < -0.4 is 10.5 Å². The molecule has 0 radical (unpaired) electrons. The molecular weight excluding hydrogens is 450 g/mol. The number of nitrogens with one attached hydrogen (secondary N) is 1. The van der Waals surface area contributed by atoms with Gasteiger partial charge in [-0.1, -0.05) is 18.6 Å². The third-order valence-corrected chi connectivity index (χ3v) is 9.32. The van der Waals surface area contributed by atoms with Crippen molar-refractivity contribution in [1.82, 2.24) is 10.5 Å². The number of ether oxygens (including phenoxy) is 1. The third kappa shape index (κ3) is 3.28. The van der Waals surface area contributed by atoms with Gasteiger partial charge in [0.25, 0.3) is 0 Å². The van der Waals surface area contributed by atoms with Crippen molar-refractivity contribution < 1.29 is 24.3 Å². The van der Waals surface area contributed by atoms with E-state index in [0.717, 1.165) is 45.9 Å². The smallest absolute Gasteiger partial charge is 0.430 e. The van der Waals surface area contributed by atoms with Crippen molar-refractivity contribution in [2.45, 2.75) is 43.4 Å². The highest BCUT2D eigenvalue weighted by molar-refractivity contribution is 8.00. The maximum Gasteiger partial charge on any atom is 0.430 e. The van der Waals surface area contributed by atoms with Gasteiger partial charge in [0.05, 0.1) is 10.4 Å². The molecule has 3 amide bonds. The molecule has 0 saturated carbocycles. The van der Waals surface area contributed by atoms with Gasteiger partial charge in [0, 0.05) is 28.7 Å². The van der Waals surface area contributed by atoms with Crippen LogP contribution in [0.15, 0.2) is 30.3 Å². The summed E-state index contributed by atoms with van der Waals surface area (Å²) in [5.74, 6) is 0.338. The van der Waals surface area contributed by atoms with Gasteiger partial charge in [0.2, 0.25) is 11.8 Å². The molecule has 0 bridgehead atoms. The molecule has 3 aliphatic heterocycles. The summed E-state index contributed by atoms with van der Waals surface area (Å²) in [7, 11) is 0. The Morgan fingerprint density at radius 3 is 2.84 bits per heavy atom. The predicted molar refractivity (Wildman–Crippen MR) is 121 cm³/mol. The quantitative estimate of drug-likeness (QED) is 0.510. The number of carbonyl (C=O) groups excluding carboxylic acids is 3. The van der Waals surface area contributed by atoms with E-state index in [-0.39, 0.29) is 35.6 Å². The van der Waals surface area contributed by atoms with Crippen LogP contribution in [0.25, 0.3) is 10.4 Å². The molecule has 8 nitrogen and oxygen atoms in total. The molecule has 2 atom stereocenters. The number of amides is 3. The minimum absolute atomic E-state index is 0.196. The normalized spacial score (nSPS) is 24.2. The number of hydroxylamine groups is 1. The molecule has 3 aliphatic rings. The minimum atomic E-state index is -0.521. The molecular formula is C22H23N3O5S2. The summed E-state index contributed by atoms with van der Waals surface area (Å²) < 4.78 is 4.88. The lowest BCUT2D eigenvalue weighted by molar-refractivity contribution is -0.129. The van der Waals surface area contributed by atoms with E-state index in [4.69, 9.17) is 9.94 Å². The fourth-order valence-electron chi connectivity index (χ4n) is 4.88. The van der Waals surface area contributed by atoms with Crippen LogP contribution in [0, 0.1) is 0 Å². The molecule has 32 heavy (non-hydrogen) atoms. The Morgan fingerprint density at radius 2 is 2.12 bits per heavy atom. The van der Waals surface area contributed by atoms with Gasteiger partial charge in [-0.05, 0) is 42.4 Å². The second-order valence-electron chi connectivity index (χ2n) is 8.18. The van der Waals surface area contributed by atoms with Gasteiger partial charge in [-0.25, -0.2) is 20.3 Å². The fraction of sp³-hybridized carbons (Fsp3) is 0.409. The molecule has 1 aromatic carbocycles. The van der Waals surface area contributed by atoms with Crippen molar-refractivity contribution in [3.05, 3.63) is 40.8 Å². The van der Waals surface area contributed by atoms with Crippen LogP contribution >= 0.6 is 23.1 Å². The number of hydrazine groups is 1. The summed E-state index contributed by atoms with van der Waals surface area (Å²) in [5.41, 5.74) is 4.35. The Labute approximate surface area is 193 Å². The van der Waals surface area contributed by atoms with Gasteiger partial charge in [0.15, 0.2) is 0 Å². The fourth-order valence-corrected chi connectivity index (χ4v) is 7.81. The van der Waals surface area contributed by atoms with Crippen molar-refractivity contribution in [1.29, 1.82) is 0 Å². The first kappa shape index (κ1) is 21.3. The highest BCUT2D eigenvalue weighted by atomic mass is 32.2. The monoisotopic (exact) mass is 473 g/mol. The molecule has 4 heterocycles. The zero-order valence-electron chi connectivity index (χ0n) is 17.5. The lowest BCUT2D eigenvalue weighted by atomic mass is 9.94. The topological polar surface area (TPSA) is 99.2 Å². The van der Waals surface area contributed by atoms with Crippen molar-refractivity contribution in [2.75, 3.05) is 17.4 Å². The lowest BCUT2D eigenvalue weighted by Crippen LogP contribution is -2.43. The van der Waals surface area contributed by atoms with Crippen molar-refractivity contribution >= 4 is 46.7 Å². The van der Waals surface area contributed by atoms with Crippen LogP contribution in [0.3, 0.4) is 0 Å². The number of fused-ring (bicyclic) bond motifs is 3. The number of thioether (sulfide) groups is 1. The minimum Gasteiger partial charge on any atom is -0.446 e. The number of benzene rings is 1. The van der Waals surface area contributed by atoms with Crippen LogP contribution in [0.4, 0.5) is 10.5 Å². The molecule has 5 rings (SSSR count). The van der Waals surface area contributed by atoms with E-state index in [9.17, 15) is 14.4 Å². The third-order valence-electron chi connectivity index (χ3n) is 6.25. The molecule has 2 fully saturated rings. The van der Waals surface area contributed by atoms with E-state index in [2.05, 4.69) is 6.07 Å². The predicted octanol–water partition coefficient (Wildman–Crippen LogP) is 4.20. The van der Waals surface area contributed by atoms with Gasteiger partial charge in [-0.3, -0.25) is 14.8 Å². The molecule has 168 valence electrons. The number of anilines is 1. The first-order valence-corrected chi connectivity index (χ1v) is 12.3. The number of hydrogen-bond acceptors (Lipinski definition) is 7. The molecule has 1 aromatic heterocycles. The zero-order valence-corrected chi connectivity index (χ0v) is 19.1. The molecule has 2 N–H and O–H groups in total. The zero-order chi connectivity index (χ0) is 22.5. The second-order valence-corrected chi connectivity index (χ2v) is 10.7. The van der Waals surface area contributed by atoms with E-state index in [1.165, 1.54) is 16.9 Å². The highest BCUT2D eigenvalue weighted by Gasteiger charge is 2.49. The standard InChI is InChI=1S/C22H23N3O5S2/c1-13(26)24-15-6-4-5-14(20(15)16-12-30-21(28)25(16)24)17-7-8-18(32-17)22(11-19(27)23-29)9-2-3-10-31-22/h4-8,16,29H,2-3,9-12H2,1H3,(H,23,27)/t16?,22-/m0/s1. The Bertz CT molecular complexity index is 1090. The lowest BCUT2D eigenvalue weighted by Gasteiger charge is -2.35. The summed E-state index contributed by atoms with van der Waals surface area (Å²) in [6.07, 6.45) is 2.72. The van der Waals surface area contributed by atoms with Gasteiger partial charge >= 0.3 is 6.09 Å². The van der Waals surface area contributed by atoms with Crippen LogP contribution in [0.2, 0.25) is 0 Å². The molecule has 0 aliphatic carbocycles. The van der Waals surface area contributed by atoms with Crippen LogP contribution in [0.5, 0.6) is 0 Å². The first-order valence-electron chi connectivity index (χ1n) is 10.5. The van der Waals surface area contributed by atoms with Crippen LogP contribution in [-0.4, -0.2) is 40.5 Å². The molecule has 2 aromatic rings. The van der Waals surface area contributed by atoms with Gasteiger partial charge in [0.1, 0.15) is 12.6 Å². The van der Waals surface area contributed by atoms with Gasteiger partial charge < -0.3 is 4.74 Å². The number of cyclic esters (lactones) is 1. The van der Waals surface area contributed by atoms with E-state index in [1.807, 2.05) is 24.3 Å². The number of rotatable bonds is 4. The molecule has 0 spiro atoms. The van der Waals surface area contributed by atoms with E-state index < -0.39 is 6.09 Å². The van der Waals surface area contributed by atoms with Gasteiger partial charge in [-0.15, -0.1) is 23.1 Å². The van der Waals surface area contributed by atoms with Crippen LogP contribution in [0.1, 0.15) is 49.1 Å². The van der Waals surface area contributed by atoms with Crippen molar-refractivity contribution in [2.24, 2.45) is 0 Å². The SMILES string of the molecule is CC(=O)N1c2cccc(-c3ccc([C@@]4(CC(=O)NO)CCCCS4)s3)c2C2COC(=O)N21. The Balaban J connectivity index is 1.57. The van der Waals surface area contributed by atoms with E-state index >= 15 is 0 Å². The van der Waals surface area contributed by atoms with E-state index in [0.29, 0.717) is 5.69 Å². The Morgan fingerprint density at radius 1 is 1.28 bits per heavy atom. The summed E-state index contributed by atoms with van der Waals surface area (Å²) in [4.78, 5) is 38.9. The molecule has 10 heteroatoms. The Hall–Kier alpha value is -2.56. The van der Waals surface area contributed by atoms with Crippen molar-refractivity contribution in [3.8, 4) is 10.4 Å². The summed E-state index contributed by atoms with van der Waals surface area (Å²) in [6, 6.07) is 9.50. The summed E-state index contributed by atoms with van der Waals surface area (Å²) >= 11 is 3.40. The van der Waals surface area contributed by atoms with Crippen LogP contribution in [-0.2, 0) is 19.1 Å². The molecule has 2 saturated heterocycles. The van der Waals surface area contributed by atoms with E-state index in [1.54, 1.807) is 28.6 Å². The second kappa shape index (κ2) is 8.09. The average Bonchev–Trinajstić information content (AvgIpc) is 3.50. The number of carbonyl (C=O) groups is 3.